The minimum Gasteiger partial charge on any atom is -0.324 e. The summed E-state index contributed by atoms with van der Waals surface area (Å²) in [6.45, 7) is 1.76. The lowest BCUT2D eigenvalue weighted by atomic mass is 10.2. The molecule has 0 radical (unpaired) electrons. The number of amides is 2. The van der Waals surface area contributed by atoms with Crippen molar-refractivity contribution in [3.63, 3.8) is 0 Å². The van der Waals surface area contributed by atoms with E-state index in [0.29, 0.717) is 17.1 Å². The number of benzene rings is 2. The average Bonchev–Trinajstić information content (AvgIpc) is 3.46. The number of carbonyl (C=O) groups excluding carboxylic acids is 2. The van der Waals surface area contributed by atoms with Crippen LogP contribution in [0.2, 0.25) is 0 Å². The molecule has 150 valence electrons. The molecule has 2 heterocycles. The molecule has 1 unspecified atom stereocenters. The number of aromatic nitrogens is 4. The molecular weight excluding hydrogens is 380 g/mol. The molecule has 2 aromatic carbocycles. The van der Waals surface area contributed by atoms with Gasteiger partial charge in [-0.2, -0.15) is 10.2 Å². The quantitative estimate of drug-likeness (QED) is 0.518. The maximum atomic E-state index is 12.6. The predicted octanol–water partition coefficient (Wildman–Crippen LogP) is 3.52. The van der Waals surface area contributed by atoms with Gasteiger partial charge in [0.2, 0.25) is 5.91 Å². The van der Waals surface area contributed by atoms with E-state index in [1.807, 2.05) is 30.3 Å². The Morgan fingerprint density at radius 1 is 0.900 bits per heavy atom. The molecule has 2 N–H and O–H groups in total. The van der Waals surface area contributed by atoms with Crippen LogP contribution in [-0.2, 0) is 4.79 Å². The fourth-order valence-electron chi connectivity index (χ4n) is 2.92. The lowest BCUT2D eigenvalue weighted by molar-refractivity contribution is -0.119. The summed E-state index contributed by atoms with van der Waals surface area (Å²) >= 11 is 0. The van der Waals surface area contributed by atoms with Crippen molar-refractivity contribution in [3.8, 4) is 5.69 Å². The van der Waals surface area contributed by atoms with Crippen molar-refractivity contribution in [2.75, 3.05) is 10.6 Å². The standard InChI is InChI=1S/C22H20N6O2/c1-16(27-13-6-12-23-27)21(29)24-17-7-5-8-18(15-17)25-22(30)20-11-14-28(26-20)19-9-3-2-4-10-19/h2-16H,1H3,(H,24,29)(H,25,30). The van der Waals surface area contributed by atoms with Crippen LogP contribution < -0.4 is 10.6 Å². The molecule has 1 atom stereocenters. The summed E-state index contributed by atoms with van der Waals surface area (Å²) in [6, 6.07) is 19.5. The van der Waals surface area contributed by atoms with E-state index >= 15 is 0 Å². The van der Waals surface area contributed by atoms with Crippen molar-refractivity contribution < 1.29 is 9.59 Å². The number of hydrogen-bond donors (Lipinski definition) is 2. The van der Waals surface area contributed by atoms with Crippen molar-refractivity contribution in [1.29, 1.82) is 0 Å². The maximum absolute atomic E-state index is 12.6. The van der Waals surface area contributed by atoms with Crippen LogP contribution in [0.1, 0.15) is 23.5 Å². The zero-order chi connectivity index (χ0) is 20.9. The summed E-state index contributed by atoms with van der Waals surface area (Å²) in [7, 11) is 0. The second-order valence-corrected chi connectivity index (χ2v) is 6.67. The topological polar surface area (TPSA) is 93.8 Å². The number of anilines is 2. The van der Waals surface area contributed by atoms with Gasteiger partial charge >= 0.3 is 0 Å². The van der Waals surface area contributed by atoms with Gasteiger partial charge < -0.3 is 10.6 Å². The number of para-hydroxylation sites is 1. The smallest absolute Gasteiger partial charge is 0.276 e. The van der Waals surface area contributed by atoms with Gasteiger partial charge in [0.05, 0.1) is 5.69 Å². The van der Waals surface area contributed by atoms with E-state index in [9.17, 15) is 9.59 Å². The summed E-state index contributed by atoms with van der Waals surface area (Å²) in [6.07, 6.45) is 5.09. The Morgan fingerprint density at radius 3 is 2.40 bits per heavy atom. The molecule has 2 amide bonds. The molecule has 0 fully saturated rings. The second-order valence-electron chi connectivity index (χ2n) is 6.67. The van der Waals surface area contributed by atoms with Crippen LogP contribution in [0.5, 0.6) is 0 Å². The fraction of sp³-hybridized carbons (Fsp3) is 0.0909. The number of rotatable bonds is 6. The first-order chi connectivity index (χ1) is 14.6. The second kappa shape index (κ2) is 8.44. The molecule has 0 bridgehead atoms. The molecule has 8 nitrogen and oxygen atoms in total. The third-order valence-corrected chi connectivity index (χ3v) is 4.53. The Labute approximate surface area is 173 Å². The lowest BCUT2D eigenvalue weighted by Crippen LogP contribution is -2.24. The number of nitrogens with zero attached hydrogens (tertiary/aromatic N) is 4. The molecule has 4 rings (SSSR count). The van der Waals surface area contributed by atoms with Gasteiger partial charge in [0, 0.05) is 30.0 Å². The van der Waals surface area contributed by atoms with Gasteiger partial charge in [-0.15, -0.1) is 0 Å². The predicted molar refractivity (Wildman–Crippen MR) is 114 cm³/mol. The normalized spacial score (nSPS) is 11.6. The molecule has 0 saturated heterocycles. The van der Waals surface area contributed by atoms with Crippen LogP contribution in [0.4, 0.5) is 11.4 Å². The highest BCUT2D eigenvalue weighted by atomic mass is 16.2. The minimum absolute atomic E-state index is 0.205. The van der Waals surface area contributed by atoms with Crippen molar-refractivity contribution in [1.82, 2.24) is 19.6 Å². The van der Waals surface area contributed by atoms with E-state index in [1.54, 1.807) is 71.3 Å². The Kier molecular flexibility index (Phi) is 5.38. The highest BCUT2D eigenvalue weighted by Gasteiger charge is 2.16. The highest BCUT2D eigenvalue weighted by molar-refractivity contribution is 6.03. The molecule has 0 aliphatic heterocycles. The summed E-state index contributed by atoms with van der Waals surface area (Å²) in [5.74, 6) is -0.540. The summed E-state index contributed by atoms with van der Waals surface area (Å²) in [5.41, 5.74) is 2.29. The van der Waals surface area contributed by atoms with E-state index < -0.39 is 6.04 Å². The average molecular weight is 400 g/mol. The fourth-order valence-corrected chi connectivity index (χ4v) is 2.92. The Balaban J connectivity index is 1.42. The third-order valence-electron chi connectivity index (χ3n) is 4.53. The summed E-state index contributed by atoms with van der Waals surface area (Å²) < 4.78 is 3.21. The van der Waals surface area contributed by atoms with Crippen LogP contribution in [0.3, 0.4) is 0 Å². The van der Waals surface area contributed by atoms with Crippen LogP contribution >= 0.6 is 0 Å². The van der Waals surface area contributed by atoms with Crippen LogP contribution in [-0.4, -0.2) is 31.4 Å². The molecule has 0 saturated carbocycles. The van der Waals surface area contributed by atoms with Gasteiger partial charge in [-0.05, 0) is 49.4 Å². The molecule has 0 aliphatic carbocycles. The van der Waals surface area contributed by atoms with Crippen molar-refractivity contribution >= 4 is 23.2 Å². The summed E-state index contributed by atoms with van der Waals surface area (Å²) in [4.78, 5) is 25.0. The van der Waals surface area contributed by atoms with E-state index in [4.69, 9.17) is 0 Å². The Hall–Kier alpha value is -4.20. The van der Waals surface area contributed by atoms with E-state index in [0.717, 1.165) is 5.69 Å². The first-order valence-electron chi connectivity index (χ1n) is 9.43. The number of carbonyl (C=O) groups is 2. The van der Waals surface area contributed by atoms with Crippen molar-refractivity contribution in [3.05, 3.63) is 91.0 Å². The number of nitrogens with one attached hydrogen (secondary N) is 2. The van der Waals surface area contributed by atoms with E-state index in [-0.39, 0.29) is 11.8 Å². The molecule has 30 heavy (non-hydrogen) atoms. The van der Waals surface area contributed by atoms with E-state index in [1.165, 1.54) is 0 Å². The van der Waals surface area contributed by atoms with Gasteiger partial charge in [-0.25, -0.2) is 4.68 Å². The van der Waals surface area contributed by atoms with Crippen molar-refractivity contribution in [2.45, 2.75) is 13.0 Å². The molecular formula is C22H20N6O2. The maximum Gasteiger partial charge on any atom is 0.276 e. The van der Waals surface area contributed by atoms with Crippen LogP contribution in [0.15, 0.2) is 85.3 Å². The van der Waals surface area contributed by atoms with Gasteiger partial charge in [-0.3, -0.25) is 14.3 Å². The van der Waals surface area contributed by atoms with Gasteiger partial charge in [0.25, 0.3) is 5.91 Å². The Morgan fingerprint density at radius 2 is 1.67 bits per heavy atom. The molecule has 0 aliphatic rings. The monoisotopic (exact) mass is 400 g/mol. The third kappa shape index (κ3) is 4.27. The number of hydrogen-bond acceptors (Lipinski definition) is 4. The SMILES string of the molecule is CC(C(=O)Nc1cccc(NC(=O)c2ccn(-c3ccccc3)n2)c1)n1cccn1. The summed E-state index contributed by atoms with van der Waals surface area (Å²) in [5, 5.41) is 14.1. The van der Waals surface area contributed by atoms with Gasteiger partial charge in [-0.1, -0.05) is 24.3 Å². The van der Waals surface area contributed by atoms with E-state index in [2.05, 4.69) is 20.8 Å². The van der Waals surface area contributed by atoms with Gasteiger partial charge in [0.15, 0.2) is 5.69 Å². The largest absolute Gasteiger partial charge is 0.324 e. The zero-order valence-corrected chi connectivity index (χ0v) is 16.3. The molecule has 2 aromatic heterocycles. The zero-order valence-electron chi connectivity index (χ0n) is 16.3. The lowest BCUT2D eigenvalue weighted by Gasteiger charge is -2.13. The molecule has 8 heteroatoms. The van der Waals surface area contributed by atoms with Crippen molar-refractivity contribution in [2.24, 2.45) is 0 Å². The highest BCUT2D eigenvalue weighted by Crippen LogP contribution is 2.18. The first-order valence-corrected chi connectivity index (χ1v) is 9.43. The Bertz CT molecular complexity index is 1150. The first kappa shape index (κ1) is 19.1. The van der Waals surface area contributed by atoms with Crippen LogP contribution in [0.25, 0.3) is 5.69 Å². The van der Waals surface area contributed by atoms with Crippen LogP contribution in [0, 0.1) is 0 Å². The molecule has 4 aromatic rings. The molecule has 0 spiro atoms. The van der Waals surface area contributed by atoms with Gasteiger partial charge in [0.1, 0.15) is 6.04 Å². The minimum atomic E-state index is -0.458.